The summed E-state index contributed by atoms with van der Waals surface area (Å²) in [6.07, 6.45) is 1.54. The van der Waals surface area contributed by atoms with Gasteiger partial charge in [0.05, 0.1) is 6.07 Å². The van der Waals surface area contributed by atoms with Crippen LogP contribution in [0.2, 0.25) is 0 Å². The van der Waals surface area contributed by atoms with Gasteiger partial charge in [-0.05, 0) is 0 Å². The summed E-state index contributed by atoms with van der Waals surface area (Å²) in [5, 5.41) is 0. The Kier molecular flexibility index (Phi) is 2.47. The van der Waals surface area contributed by atoms with E-state index in [4.69, 9.17) is 0 Å². The van der Waals surface area contributed by atoms with E-state index in [1.807, 2.05) is 38.0 Å². The van der Waals surface area contributed by atoms with Gasteiger partial charge in [0.25, 0.3) is 0 Å². The molecule has 0 saturated carbocycles. The van der Waals surface area contributed by atoms with Crippen molar-refractivity contribution in [2.75, 3.05) is 38.0 Å². The number of aromatic nitrogens is 2. The van der Waals surface area contributed by atoms with Gasteiger partial charge >= 0.3 is 0 Å². The van der Waals surface area contributed by atoms with Gasteiger partial charge in [-0.15, -0.1) is 0 Å². The Morgan fingerprint density at radius 3 is 1.75 bits per heavy atom. The average molecular weight is 165 g/mol. The Labute approximate surface area is 72.9 Å². The lowest BCUT2D eigenvalue weighted by Crippen LogP contribution is -2.15. The molecule has 1 heterocycles. The number of rotatable bonds is 2. The van der Waals surface area contributed by atoms with Crippen molar-refractivity contribution in [3.63, 3.8) is 0 Å². The normalized spacial score (nSPS) is 9.67. The number of anilines is 2. The van der Waals surface area contributed by atoms with E-state index in [2.05, 4.69) is 16.0 Å². The fourth-order valence-electron chi connectivity index (χ4n) is 0.757. The minimum atomic E-state index is 0.800. The number of hydrogen-bond donors (Lipinski definition) is 0. The standard InChI is InChI=1S/C8H13N4/c1-11(2)7-5-8(12(3)4)10-6-9-7/h6H,1-4H3. The summed E-state index contributed by atoms with van der Waals surface area (Å²) in [4.78, 5) is 11.9. The van der Waals surface area contributed by atoms with E-state index in [0.29, 0.717) is 0 Å². The van der Waals surface area contributed by atoms with Crippen molar-refractivity contribution in [2.24, 2.45) is 0 Å². The molecule has 65 valence electrons. The lowest BCUT2D eigenvalue weighted by Gasteiger charge is -2.14. The molecule has 1 aromatic heterocycles. The van der Waals surface area contributed by atoms with Crippen molar-refractivity contribution in [1.29, 1.82) is 0 Å². The molecule has 4 nitrogen and oxygen atoms in total. The molecule has 0 atom stereocenters. The third-order valence-corrected chi connectivity index (χ3v) is 1.43. The maximum absolute atomic E-state index is 4.05. The van der Waals surface area contributed by atoms with Crippen LogP contribution in [-0.2, 0) is 0 Å². The maximum Gasteiger partial charge on any atom is 0.141 e. The third-order valence-electron chi connectivity index (χ3n) is 1.43. The first-order valence-electron chi connectivity index (χ1n) is 3.70. The summed E-state index contributed by atoms with van der Waals surface area (Å²) in [7, 11) is 7.72. The second-order valence-corrected chi connectivity index (χ2v) is 2.93. The number of hydrogen-bond acceptors (Lipinski definition) is 4. The van der Waals surface area contributed by atoms with Crippen LogP contribution in [0.4, 0.5) is 11.6 Å². The van der Waals surface area contributed by atoms with Gasteiger partial charge in [-0.2, -0.15) is 0 Å². The van der Waals surface area contributed by atoms with Crippen molar-refractivity contribution < 1.29 is 0 Å². The zero-order chi connectivity index (χ0) is 9.14. The van der Waals surface area contributed by atoms with Crippen molar-refractivity contribution in [3.05, 3.63) is 12.4 Å². The van der Waals surface area contributed by atoms with Crippen LogP contribution >= 0.6 is 0 Å². The summed E-state index contributed by atoms with van der Waals surface area (Å²) >= 11 is 0. The van der Waals surface area contributed by atoms with Crippen LogP contribution in [-0.4, -0.2) is 38.2 Å². The molecule has 0 N–H and O–H groups in total. The topological polar surface area (TPSA) is 32.3 Å². The van der Waals surface area contributed by atoms with E-state index < -0.39 is 0 Å². The van der Waals surface area contributed by atoms with Crippen molar-refractivity contribution in [2.45, 2.75) is 0 Å². The molecule has 0 amide bonds. The van der Waals surface area contributed by atoms with Gasteiger partial charge in [-0.25, -0.2) is 9.97 Å². The smallest absolute Gasteiger partial charge is 0.141 e. The first-order chi connectivity index (χ1) is 5.61. The highest BCUT2D eigenvalue weighted by Gasteiger charge is 2.01. The van der Waals surface area contributed by atoms with Gasteiger partial charge in [0.2, 0.25) is 0 Å². The summed E-state index contributed by atoms with van der Waals surface area (Å²) in [5.74, 6) is 1.60. The second kappa shape index (κ2) is 3.38. The monoisotopic (exact) mass is 165 g/mol. The quantitative estimate of drug-likeness (QED) is 0.635. The molecule has 4 heteroatoms. The molecule has 0 aromatic carbocycles. The van der Waals surface area contributed by atoms with Gasteiger partial charge in [0.1, 0.15) is 18.0 Å². The molecule has 0 aliphatic heterocycles. The first-order valence-corrected chi connectivity index (χ1v) is 3.70. The van der Waals surface area contributed by atoms with Crippen molar-refractivity contribution >= 4 is 11.6 Å². The molecule has 0 aliphatic carbocycles. The van der Waals surface area contributed by atoms with Crippen molar-refractivity contribution in [3.8, 4) is 0 Å². The fourth-order valence-corrected chi connectivity index (χ4v) is 0.757. The Morgan fingerprint density at radius 1 is 1.00 bits per heavy atom. The van der Waals surface area contributed by atoms with E-state index in [1.165, 1.54) is 0 Å². The van der Waals surface area contributed by atoms with E-state index in [1.54, 1.807) is 6.33 Å². The highest BCUT2D eigenvalue weighted by Crippen LogP contribution is 2.11. The van der Waals surface area contributed by atoms with Crippen LogP contribution in [0, 0.1) is 6.07 Å². The summed E-state index contributed by atoms with van der Waals surface area (Å²) < 4.78 is 0. The fraction of sp³-hybridized carbons (Fsp3) is 0.500. The molecular weight excluding hydrogens is 152 g/mol. The minimum Gasteiger partial charge on any atom is -0.362 e. The highest BCUT2D eigenvalue weighted by molar-refractivity contribution is 5.46. The highest BCUT2D eigenvalue weighted by atomic mass is 15.2. The second-order valence-electron chi connectivity index (χ2n) is 2.93. The average Bonchev–Trinajstić information content (AvgIpc) is 2.04. The Morgan fingerprint density at radius 2 is 1.42 bits per heavy atom. The van der Waals surface area contributed by atoms with E-state index >= 15 is 0 Å². The Balaban J connectivity index is 2.96. The Hall–Kier alpha value is -1.32. The molecule has 0 aliphatic rings. The van der Waals surface area contributed by atoms with Gasteiger partial charge < -0.3 is 9.80 Å². The van der Waals surface area contributed by atoms with E-state index in [-0.39, 0.29) is 0 Å². The van der Waals surface area contributed by atoms with Crippen LogP contribution in [0.25, 0.3) is 0 Å². The summed E-state index contributed by atoms with van der Waals surface area (Å²) in [6.45, 7) is 0. The molecular formula is C8H13N4. The molecule has 0 bridgehead atoms. The first kappa shape index (κ1) is 8.77. The lowest BCUT2D eigenvalue weighted by molar-refractivity contribution is 0.993. The predicted molar refractivity (Wildman–Crippen MR) is 49.5 cm³/mol. The summed E-state index contributed by atoms with van der Waals surface area (Å²) in [5.41, 5.74) is 0. The van der Waals surface area contributed by atoms with Crippen LogP contribution in [0.1, 0.15) is 0 Å². The van der Waals surface area contributed by atoms with Crippen LogP contribution in [0.15, 0.2) is 6.33 Å². The minimum absolute atomic E-state index is 0.800. The van der Waals surface area contributed by atoms with Crippen LogP contribution in [0.3, 0.4) is 0 Å². The third kappa shape index (κ3) is 1.84. The van der Waals surface area contributed by atoms with Crippen molar-refractivity contribution in [1.82, 2.24) is 9.97 Å². The molecule has 0 unspecified atom stereocenters. The zero-order valence-electron chi connectivity index (χ0n) is 7.87. The van der Waals surface area contributed by atoms with Gasteiger partial charge in [-0.3, -0.25) is 0 Å². The SMILES string of the molecule is CN(C)c1[c]c(N(C)C)ncn1. The van der Waals surface area contributed by atoms with E-state index in [9.17, 15) is 0 Å². The van der Waals surface area contributed by atoms with Gasteiger partial charge in [0.15, 0.2) is 0 Å². The molecule has 0 saturated heterocycles. The van der Waals surface area contributed by atoms with Crippen LogP contribution < -0.4 is 9.80 Å². The molecule has 1 rings (SSSR count). The maximum atomic E-state index is 4.05. The number of nitrogens with zero attached hydrogens (tertiary/aromatic N) is 4. The largest absolute Gasteiger partial charge is 0.362 e. The molecule has 12 heavy (non-hydrogen) atoms. The molecule has 1 aromatic rings. The molecule has 0 spiro atoms. The Bertz CT molecular complexity index is 234. The van der Waals surface area contributed by atoms with Gasteiger partial charge in [0, 0.05) is 28.2 Å². The molecule has 0 fully saturated rings. The lowest BCUT2D eigenvalue weighted by atomic mass is 10.5. The molecule has 1 radical (unpaired) electrons. The van der Waals surface area contributed by atoms with Crippen LogP contribution in [0.5, 0.6) is 0 Å². The zero-order valence-corrected chi connectivity index (χ0v) is 7.87. The van der Waals surface area contributed by atoms with E-state index in [0.717, 1.165) is 11.6 Å². The summed E-state index contributed by atoms with van der Waals surface area (Å²) in [6, 6.07) is 3.07. The van der Waals surface area contributed by atoms with Gasteiger partial charge in [-0.1, -0.05) is 0 Å². The predicted octanol–water partition coefficient (Wildman–Crippen LogP) is 0.409.